The number of carbonyl (C=O) groups excluding carboxylic acids is 1. The maximum atomic E-state index is 12.3. The number of nitrogens with zero attached hydrogens (tertiary/aromatic N) is 1. The van der Waals surface area contributed by atoms with Crippen LogP contribution < -0.4 is 5.32 Å². The normalized spacial score (nSPS) is 24.1. The lowest BCUT2D eigenvalue weighted by Gasteiger charge is -2.30. The van der Waals surface area contributed by atoms with Gasteiger partial charge in [-0.25, -0.2) is 0 Å². The number of nitrogens with one attached hydrogen (secondary N) is 1. The van der Waals surface area contributed by atoms with Gasteiger partial charge in [-0.2, -0.15) is 0 Å². The van der Waals surface area contributed by atoms with E-state index in [0.717, 1.165) is 25.4 Å². The van der Waals surface area contributed by atoms with Gasteiger partial charge in [0.15, 0.2) is 0 Å². The molecule has 3 heteroatoms. The molecule has 1 heterocycles. The summed E-state index contributed by atoms with van der Waals surface area (Å²) < 4.78 is 0. The summed E-state index contributed by atoms with van der Waals surface area (Å²) in [7, 11) is 2.01. The first-order chi connectivity index (χ1) is 8.68. The van der Waals surface area contributed by atoms with Gasteiger partial charge in [0, 0.05) is 19.5 Å². The summed E-state index contributed by atoms with van der Waals surface area (Å²) in [5.41, 5.74) is 0. The minimum Gasteiger partial charge on any atom is -0.343 e. The zero-order chi connectivity index (χ0) is 13.0. The molecule has 1 saturated carbocycles. The highest BCUT2D eigenvalue weighted by molar-refractivity contribution is 5.76. The fourth-order valence-electron chi connectivity index (χ4n) is 3.49. The van der Waals surface area contributed by atoms with Gasteiger partial charge in [0.25, 0.3) is 0 Å². The lowest BCUT2D eigenvalue weighted by atomic mass is 9.84. The topological polar surface area (TPSA) is 32.3 Å². The first-order valence-electron chi connectivity index (χ1n) is 7.65. The molecule has 18 heavy (non-hydrogen) atoms. The van der Waals surface area contributed by atoms with Crippen molar-refractivity contribution < 1.29 is 4.79 Å². The molecule has 0 aromatic rings. The number of piperidine rings is 1. The van der Waals surface area contributed by atoms with Crippen LogP contribution in [0.3, 0.4) is 0 Å². The van der Waals surface area contributed by atoms with Crippen molar-refractivity contribution >= 4 is 5.91 Å². The van der Waals surface area contributed by atoms with Crippen LogP contribution in [0.25, 0.3) is 0 Å². The van der Waals surface area contributed by atoms with Gasteiger partial charge in [0.1, 0.15) is 0 Å². The SMILES string of the molecule is CC(CC(=O)N(C)C1CCCC1)C1CCNCC1. The predicted molar refractivity (Wildman–Crippen MR) is 74.4 cm³/mol. The van der Waals surface area contributed by atoms with Crippen molar-refractivity contribution in [3.8, 4) is 0 Å². The van der Waals surface area contributed by atoms with Crippen molar-refractivity contribution in [2.45, 2.75) is 57.9 Å². The number of carbonyl (C=O) groups is 1. The fourth-order valence-corrected chi connectivity index (χ4v) is 3.49. The van der Waals surface area contributed by atoms with Crippen LogP contribution in [-0.2, 0) is 4.79 Å². The van der Waals surface area contributed by atoms with Crippen LogP contribution >= 0.6 is 0 Å². The third-order valence-electron chi connectivity index (χ3n) is 4.95. The molecule has 0 radical (unpaired) electrons. The Kier molecular flexibility index (Phi) is 5.04. The van der Waals surface area contributed by atoms with E-state index in [2.05, 4.69) is 12.2 Å². The Labute approximate surface area is 111 Å². The van der Waals surface area contributed by atoms with Crippen LogP contribution in [0.5, 0.6) is 0 Å². The van der Waals surface area contributed by atoms with Crippen LogP contribution in [0.2, 0.25) is 0 Å². The van der Waals surface area contributed by atoms with Gasteiger partial charge in [-0.3, -0.25) is 4.79 Å². The first kappa shape index (κ1) is 13.9. The summed E-state index contributed by atoms with van der Waals surface area (Å²) in [5.74, 6) is 1.66. The van der Waals surface area contributed by atoms with Crippen molar-refractivity contribution in [1.29, 1.82) is 0 Å². The summed E-state index contributed by atoms with van der Waals surface area (Å²) in [5, 5.41) is 3.40. The standard InChI is InChI=1S/C15H28N2O/c1-12(13-7-9-16-10-8-13)11-15(18)17(2)14-5-3-4-6-14/h12-14,16H,3-11H2,1-2H3. The second-order valence-electron chi connectivity index (χ2n) is 6.21. The maximum Gasteiger partial charge on any atom is 0.222 e. The number of hydrogen-bond acceptors (Lipinski definition) is 2. The molecule has 3 nitrogen and oxygen atoms in total. The smallest absolute Gasteiger partial charge is 0.222 e. The summed E-state index contributed by atoms with van der Waals surface area (Å²) in [6, 6.07) is 0.526. The van der Waals surface area contributed by atoms with E-state index in [1.54, 1.807) is 0 Å². The van der Waals surface area contributed by atoms with Gasteiger partial charge in [-0.15, -0.1) is 0 Å². The maximum absolute atomic E-state index is 12.3. The lowest BCUT2D eigenvalue weighted by Crippen LogP contribution is -2.38. The molecule has 0 spiro atoms. The van der Waals surface area contributed by atoms with Crippen LogP contribution in [0.1, 0.15) is 51.9 Å². The third kappa shape index (κ3) is 3.47. The Morgan fingerprint density at radius 1 is 1.22 bits per heavy atom. The van der Waals surface area contributed by atoms with Crippen molar-refractivity contribution in [2.24, 2.45) is 11.8 Å². The summed E-state index contributed by atoms with van der Waals surface area (Å²) in [4.78, 5) is 14.3. The van der Waals surface area contributed by atoms with E-state index >= 15 is 0 Å². The molecule has 0 aromatic heterocycles. The molecule has 0 bridgehead atoms. The first-order valence-corrected chi connectivity index (χ1v) is 7.65. The van der Waals surface area contributed by atoms with E-state index in [-0.39, 0.29) is 0 Å². The average Bonchev–Trinajstić information content (AvgIpc) is 2.92. The van der Waals surface area contributed by atoms with E-state index in [1.807, 2.05) is 11.9 Å². The van der Waals surface area contributed by atoms with E-state index in [9.17, 15) is 4.79 Å². The Hall–Kier alpha value is -0.570. The van der Waals surface area contributed by atoms with Gasteiger partial charge in [0.2, 0.25) is 5.91 Å². The van der Waals surface area contributed by atoms with E-state index < -0.39 is 0 Å². The number of amides is 1. The molecule has 0 aromatic carbocycles. The molecule has 1 amide bonds. The minimum atomic E-state index is 0.368. The van der Waals surface area contributed by atoms with Gasteiger partial charge >= 0.3 is 0 Å². The molecule has 1 N–H and O–H groups in total. The highest BCUT2D eigenvalue weighted by atomic mass is 16.2. The van der Waals surface area contributed by atoms with Crippen LogP contribution in [-0.4, -0.2) is 37.0 Å². The second kappa shape index (κ2) is 6.55. The molecule has 1 aliphatic heterocycles. The van der Waals surface area contributed by atoms with Gasteiger partial charge < -0.3 is 10.2 Å². The zero-order valence-electron chi connectivity index (χ0n) is 12.0. The average molecular weight is 252 g/mol. The molecular formula is C15H28N2O. The van der Waals surface area contributed by atoms with Crippen molar-refractivity contribution in [1.82, 2.24) is 10.2 Å². The van der Waals surface area contributed by atoms with Crippen molar-refractivity contribution in [3.63, 3.8) is 0 Å². The Morgan fingerprint density at radius 2 is 1.83 bits per heavy atom. The molecule has 2 rings (SSSR count). The zero-order valence-corrected chi connectivity index (χ0v) is 12.0. The van der Waals surface area contributed by atoms with Crippen molar-refractivity contribution in [3.05, 3.63) is 0 Å². The van der Waals surface area contributed by atoms with E-state index in [0.29, 0.717) is 17.9 Å². The van der Waals surface area contributed by atoms with Crippen molar-refractivity contribution in [2.75, 3.05) is 20.1 Å². The third-order valence-corrected chi connectivity index (χ3v) is 4.95. The highest BCUT2D eigenvalue weighted by Crippen LogP contribution is 2.27. The Morgan fingerprint density at radius 3 is 2.44 bits per heavy atom. The van der Waals surface area contributed by atoms with Crippen LogP contribution in [0, 0.1) is 11.8 Å². The van der Waals surface area contributed by atoms with Gasteiger partial charge in [-0.05, 0) is 50.6 Å². The Balaban J connectivity index is 1.78. The van der Waals surface area contributed by atoms with E-state index in [4.69, 9.17) is 0 Å². The molecule has 1 aliphatic carbocycles. The molecule has 104 valence electrons. The van der Waals surface area contributed by atoms with Gasteiger partial charge in [-0.1, -0.05) is 19.8 Å². The van der Waals surface area contributed by atoms with E-state index in [1.165, 1.54) is 38.5 Å². The van der Waals surface area contributed by atoms with Crippen LogP contribution in [0.4, 0.5) is 0 Å². The molecular weight excluding hydrogens is 224 g/mol. The monoisotopic (exact) mass is 252 g/mol. The molecule has 1 saturated heterocycles. The summed E-state index contributed by atoms with van der Waals surface area (Å²) >= 11 is 0. The molecule has 2 aliphatic rings. The molecule has 1 unspecified atom stereocenters. The molecule has 2 fully saturated rings. The predicted octanol–water partition coefficient (Wildman–Crippen LogP) is 2.41. The minimum absolute atomic E-state index is 0.368. The lowest BCUT2D eigenvalue weighted by molar-refractivity contribution is -0.133. The van der Waals surface area contributed by atoms with Crippen LogP contribution in [0.15, 0.2) is 0 Å². The molecule has 1 atom stereocenters. The Bertz CT molecular complexity index is 268. The second-order valence-corrected chi connectivity index (χ2v) is 6.21. The highest BCUT2D eigenvalue weighted by Gasteiger charge is 2.27. The number of rotatable bonds is 4. The fraction of sp³-hybridized carbons (Fsp3) is 0.933. The summed E-state index contributed by atoms with van der Waals surface area (Å²) in [6.07, 6.45) is 8.24. The summed E-state index contributed by atoms with van der Waals surface area (Å²) in [6.45, 7) is 4.51. The largest absolute Gasteiger partial charge is 0.343 e. The number of hydrogen-bond donors (Lipinski definition) is 1. The van der Waals surface area contributed by atoms with Gasteiger partial charge in [0.05, 0.1) is 0 Å². The quantitative estimate of drug-likeness (QED) is 0.833.